The van der Waals surface area contributed by atoms with Crippen molar-refractivity contribution in [2.24, 2.45) is 11.1 Å². The van der Waals surface area contributed by atoms with Crippen molar-refractivity contribution in [3.05, 3.63) is 22.8 Å². The van der Waals surface area contributed by atoms with Crippen molar-refractivity contribution in [2.45, 2.75) is 19.3 Å². The monoisotopic (exact) mass is 599 g/mol. The van der Waals surface area contributed by atoms with E-state index in [9.17, 15) is 0 Å². The molecule has 0 radical (unpaired) electrons. The summed E-state index contributed by atoms with van der Waals surface area (Å²) in [6, 6.07) is 4.26. The molecule has 0 aromatic heterocycles. The SMILES string of the molecule is NC(=S)CC1(COc2c(I)cc(I)cc2I)CC1. The van der Waals surface area contributed by atoms with Crippen LogP contribution in [0.1, 0.15) is 19.3 Å². The molecule has 1 aliphatic rings. The third-order valence-corrected chi connectivity index (χ3v) is 5.36. The summed E-state index contributed by atoms with van der Waals surface area (Å²) in [5.74, 6) is 0.992. The lowest BCUT2D eigenvalue weighted by Crippen LogP contribution is -2.21. The number of benzene rings is 1. The molecule has 98 valence electrons. The van der Waals surface area contributed by atoms with Crippen molar-refractivity contribution < 1.29 is 4.74 Å². The summed E-state index contributed by atoms with van der Waals surface area (Å²) in [6.07, 6.45) is 3.14. The molecule has 0 bridgehead atoms. The molecule has 18 heavy (non-hydrogen) atoms. The molecule has 0 spiro atoms. The van der Waals surface area contributed by atoms with Crippen molar-refractivity contribution in [1.82, 2.24) is 0 Å². The van der Waals surface area contributed by atoms with Crippen LogP contribution in [0.2, 0.25) is 0 Å². The van der Waals surface area contributed by atoms with E-state index in [0.717, 1.165) is 25.9 Å². The normalized spacial score (nSPS) is 16.4. The van der Waals surface area contributed by atoms with E-state index >= 15 is 0 Å². The minimum absolute atomic E-state index is 0.209. The van der Waals surface area contributed by atoms with Gasteiger partial charge in [-0.2, -0.15) is 0 Å². The molecule has 0 heterocycles. The quantitative estimate of drug-likeness (QED) is 0.405. The summed E-state index contributed by atoms with van der Waals surface area (Å²) in [6.45, 7) is 0.719. The van der Waals surface area contributed by atoms with Crippen LogP contribution in [-0.2, 0) is 0 Å². The van der Waals surface area contributed by atoms with Gasteiger partial charge in [-0.3, -0.25) is 0 Å². The van der Waals surface area contributed by atoms with Gasteiger partial charge in [0.2, 0.25) is 0 Å². The van der Waals surface area contributed by atoms with E-state index in [-0.39, 0.29) is 5.41 Å². The number of hydrogen-bond acceptors (Lipinski definition) is 2. The second-order valence-corrected chi connectivity index (χ2v) is 8.72. The molecule has 0 aliphatic heterocycles. The Morgan fingerprint density at radius 1 is 1.28 bits per heavy atom. The predicted molar refractivity (Wildman–Crippen MR) is 103 cm³/mol. The van der Waals surface area contributed by atoms with E-state index in [0.29, 0.717) is 4.99 Å². The number of thiocarbonyl (C=S) groups is 1. The van der Waals surface area contributed by atoms with Gasteiger partial charge in [-0.1, -0.05) is 12.2 Å². The number of hydrogen-bond donors (Lipinski definition) is 1. The lowest BCUT2D eigenvalue weighted by atomic mass is 10.0. The van der Waals surface area contributed by atoms with Crippen molar-refractivity contribution in [2.75, 3.05) is 6.61 Å². The number of nitrogens with two attached hydrogens (primary N) is 1. The third-order valence-electron chi connectivity index (χ3n) is 2.99. The Kier molecular flexibility index (Phi) is 5.38. The summed E-state index contributed by atoms with van der Waals surface area (Å²) in [5.41, 5.74) is 5.85. The average Bonchev–Trinajstić information content (AvgIpc) is 2.95. The molecule has 2 N–H and O–H groups in total. The zero-order valence-corrected chi connectivity index (χ0v) is 16.8. The smallest absolute Gasteiger partial charge is 0.146 e. The summed E-state index contributed by atoms with van der Waals surface area (Å²) in [5, 5.41) is 0. The van der Waals surface area contributed by atoms with Crippen LogP contribution < -0.4 is 10.5 Å². The zero-order chi connectivity index (χ0) is 13.3. The zero-order valence-electron chi connectivity index (χ0n) is 9.51. The first-order valence-electron chi connectivity index (χ1n) is 5.48. The van der Waals surface area contributed by atoms with Crippen molar-refractivity contribution in [3.63, 3.8) is 0 Å². The molecular formula is C12H12I3NOS. The number of halogens is 3. The molecule has 2 rings (SSSR count). The van der Waals surface area contributed by atoms with Gasteiger partial charge < -0.3 is 10.5 Å². The summed E-state index contributed by atoms with van der Waals surface area (Å²) >= 11 is 12.0. The van der Waals surface area contributed by atoms with Gasteiger partial charge in [-0.15, -0.1) is 0 Å². The highest BCUT2D eigenvalue weighted by Crippen LogP contribution is 2.49. The van der Waals surface area contributed by atoms with Crippen LogP contribution in [0.25, 0.3) is 0 Å². The van der Waals surface area contributed by atoms with E-state index in [1.54, 1.807) is 0 Å². The van der Waals surface area contributed by atoms with Crippen molar-refractivity contribution in [3.8, 4) is 5.75 Å². The summed E-state index contributed by atoms with van der Waals surface area (Å²) in [4.78, 5) is 0.600. The van der Waals surface area contributed by atoms with E-state index in [1.165, 1.54) is 16.4 Å². The Balaban J connectivity index is 2.05. The first-order valence-corrected chi connectivity index (χ1v) is 9.12. The van der Waals surface area contributed by atoms with Gasteiger partial charge >= 0.3 is 0 Å². The summed E-state index contributed by atoms with van der Waals surface area (Å²) in [7, 11) is 0. The van der Waals surface area contributed by atoms with Crippen LogP contribution in [0.5, 0.6) is 5.75 Å². The Hall–Kier alpha value is 1.10. The van der Waals surface area contributed by atoms with Crippen LogP contribution in [0.15, 0.2) is 12.1 Å². The van der Waals surface area contributed by atoms with E-state index in [2.05, 4.69) is 79.9 Å². The van der Waals surface area contributed by atoms with Gasteiger partial charge in [-0.05, 0) is 92.7 Å². The van der Waals surface area contributed by atoms with Gasteiger partial charge in [0, 0.05) is 15.4 Å². The first-order chi connectivity index (χ1) is 8.42. The fourth-order valence-electron chi connectivity index (χ4n) is 1.81. The second kappa shape index (κ2) is 6.25. The average molecular weight is 599 g/mol. The predicted octanol–water partition coefficient (Wildman–Crippen LogP) is 4.34. The molecule has 0 unspecified atom stereocenters. The van der Waals surface area contributed by atoms with Gasteiger partial charge in [-0.25, -0.2) is 0 Å². The van der Waals surface area contributed by atoms with Crippen LogP contribution in [-0.4, -0.2) is 11.6 Å². The Labute approximate surface area is 153 Å². The molecule has 0 atom stereocenters. The molecule has 1 aromatic carbocycles. The highest BCUT2D eigenvalue weighted by Gasteiger charge is 2.44. The van der Waals surface area contributed by atoms with E-state index in [4.69, 9.17) is 22.7 Å². The molecule has 2 nitrogen and oxygen atoms in total. The molecule has 0 amide bonds. The molecular weight excluding hydrogens is 587 g/mol. The number of ether oxygens (including phenoxy) is 1. The Bertz CT molecular complexity index is 465. The van der Waals surface area contributed by atoms with Crippen LogP contribution >= 0.6 is 80.0 Å². The van der Waals surface area contributed by atoms with E-state index < -0.39 is 0 Å². The molecule has 0 saturated heterocycles. The van der Waals surface area contributed by atoms with Crippen LogP contribution in [0, 0.1) is 16.1 Å². The van der Waals surface area contributed by atoms with Gasteiger partial charge in [0.1, 0.15) is 5.75 Å². The topological polar surface area (TPSA) is 35.2 Å². The highest BCUT2D eigenvalue weighted by atomic mass is 127. The summed E-state index contributed by atoms with van der Waals surface area (Å²) < 4.78 is 9.58. The molecule has 1 saturated carbocycles. The van der Waals surface area contributed by atoms with Crippen LogP contribution in [0.3, 0.4) is 0 Å². The largest absolute Gasteiger partial charge is 0.491 e. The minimum Gasteiger partial charge on any atom is -0.491 e. The van der Waals surface area contributed by atoms with Crippen molar-refractivity contribution >= 4 is 85.0 Å². The van der Waals surface area contributed by atoms with Crippen molar-refractivity contribution in [1.29, 1.82) is 0 Å². The Morgan fingerprint density at radius 2 is 1.83 bits per heavy atom. The van der Waals surface area contributed by atoms with Gasteiger partial charge in [0.05, 0.1) is 18.7 Å². The van der Waals surface area contributed by atoms with E-state index in [1.807, 2.05) is 0 Å². The molecule has 1 fully saturated rings. The maximum atomic E-state index is 6.02. The highest BCUT2D eigenvalue weighted by molar-refractivity contribution is 14.1. The molecule has 1 aliphatic carbocycles. The second-order valence-electron chi connectivity index (χ2n) is 4.63. The first kappa shape index (κ1) is 15.5. The maximum absolute atomic E-state index is 6.02. The third kappa shape index (κ3) is 4.05. The molecule has 6 heteroatoms. The maximum Gasteiger partial charge on any atom is 0.146 e. The molecule has 1 aromatic rings. The van der Waals surface area contributed by atoms with Gasteiger partial charge in [0.15, 0.2) is 0 Å². The Morgan fingerprint density at radius 3 is 2.28 bits per heavy atom. The minimum atomic E-state index is 0.209. The van der Waals surface area contributed by atoms with Crippen LogP contribution in [0.4, 0.5) is 0 Å². The fraction of sp³-hybridized carbons (Fsp3) is 0.417. The fourth-order valence-corrected chi connectivity index (χ4v) is 6.01. The number of rotatable bonds is 5. The van der Waals surface area contributed by atoms with Gasteiger partial charge in [0.25, 0.3) is 0 Å². The lowest BCUT2D eigenvalue weighted by Gasteiger charge is -2.17. The standard InChI is InChI=1S/C12H12I3NOS/c13-7-3-8(14)11(9(15)4-7)17-6-12(1-2-12)5-10(16)18/h3-4H,1-2,5-6H2,(H2,16,18). The lowest BCUT2D eigenvalue weighted by molar-refractivity contribution is 0.236.